The van der Waals surface area contributed by atoms with E-state index in [2.05, 4.69) is 15.0 Å². The second-order valence-corrected chi connectivity index (χ2v) is 7.28. The zero-order chi connectivity index (χ0) is 19.9. The maximum Gasteiger partial charge on any atom is 0.406 e. The minimum Gasteiger partial charge on any atom is -0.346 e. The lowest BCUT2D eigenvalue weighted by atomic mass is 9.85. The standard InChI is InChI=1S/C19H20F3N5O.H2/c1-26-9-13(16-14-5-6-23-17(14)25-11-24-16)7-15(26)18(28)27(10-19(20,21)22)8-12-3-2-4-12;/h5-7,9,11-12H,2-4,8,10H2,1H3,(H,23,24,25);1H. The second kappa shape index (κ2) is 6.96. The summed E-state index contributed by atoms with van der Waals surface area (Å²) in [4.78, 5) is 25.3. The molecule has 1 N–H and O–H groups in total. The summed E-state index contributed by atoms with van der Waals surface area (Å²) in [6.45, 7) is -1.10. The number of amides is 1. The van der Waals surface area contributed by atoms with Crippen LogP contribution in [0.25, 0.3) is 22.3 Å². The van der Waals surface area contributed by atoms with Crippen LogP contribution in [0.5, 0.6) is 0 Å². The number of hydrogen-bond donors (Lipinski definition) is 1. The van der Waals surface area contributed by atoms with Gasteiger partial charge in [-0.2, -0.15) is 13.2 Å². The first-order chi connectivity index (χ1) is 13.3. The smallest absolute Gasteiger partial charge is 0.346 e. The van der Waals surface area contributed by atoms with Gasteiger partial charge in [0.15, 0.2) is 0 Å². The number of halogens is 3. The number of carbonyl (C=O) groups is 1. The topological polar surface area (TPSA) is 66.8 Å². The van der Waals surface area contributed by atoms with Crippen LogP contribution in [0.1, 0.15) is 31.2 Å². The summed E-state index contributed by atoms with van der Waals surface area (Å²) in [5, 5.41) is 0.786. The summed E-state index contributed by atoms with van der Waals surface area (Å²) in [7, 11) is 1.65. The highest BCUT2D eigenvalue weighted by molar-refractivity contribution is 5.96. The third-order valence-corrected chi connectivity index (χ3v) is 5.21. The van der Waals surface area contributed by atoms with Crippen LogP contribution in [0.4, 0.5) is 13.2 Å². The highest BCUT2D eigenvalue weighted by atomic mass is 19.4. The van der Waals surface area contributed by atoms with Crippen LogP contribution in [0.15, 0.2) is 30.9 Å². The molecule has 1 aliphatic carbocycles. The number of carbonyl (C=O) groups excluding carboxylic acids is 1. The minimum absolute atomic E-state index is 0. The number of alkyl halides is 3. The SMILES string of the molecule is Cn1cc(-c2ncnc3[nH]ccc23)cc1C(=O)N(CC1CCC1)CC(F)(F)F.[HH]. The quantitative estimate of drug-likeness (QED) is 0.712. The molecule has 0 aromatic carbocycles. The fourth-order valence-corrected chi connectivity index (χ4v) is 3.59. The van der Waals surface area contributed by atoms with Crippen LogP contribution in [0.2, 0.25) is 0 Å². The molecule has 28 heavy (non-hydrogen) atoms. The first-order valence-corrected chi connectivity index (χ1v) is 9.12. The van der Waals surface area contributed by atoms with Gasteiger partial charge in [0, 0.05) is 38.4 Å². The van der Waals surface area contributed by atoms with Crippen LogP contribution in [0.3, 0.4) is 0 Å². The monoisotopic (exact) mass is 393 g/mol. The summed E-state index contributed by atoms with van der Waals surface area (Å²) < 4.78 is 40.7. The summed E-state index contributed by atoms with van der Waals surface area (Å²) >= 11 is 0. The molecule has 0 aliphatic heterocycles. The highest BCUT2D eigenvalue weighted by Crippen LogP contribution is 2.30. The van der Waals surface area contributed by atoms with E-state index in [1.165, 1.54) is 6.33 Å². The first kappa shape index (κ1) is 18.5. The number of nitrogens with zero attached hydrogens (tertiary/aromatic N) is 4. The van der Waals surface area contributed by atoms with Crippen LogP contribution < -0.4 is 0 Å². The molecule has 1 aliphatic rings. The average Bonchev–Trinajstić information content (AvgIpc) is 3.21. The Labute approximate surface area is 160 Å². The highest BCUT2D eigenvalue weighted by Gasteiger charge is 2.36. The van der Waals surface area contributed by atoms with Crippen molar-refractivity contribution in [2.75, 3.05) is 13.1 Å². The Morgan fingerprint density at radius 2 is 2.18 bits per heavy atom. The number of hydrogen-bond acceptors (Lipinski definition) is 3. The van der Waals surface area contributed by atoms with E-state index in [0.29, 0.717) is 16.9 Å². The zero-order valence-corrected chi connectivity index (χ0v) is 15.3. The lowest BCUT2D eigenvalue weighted by Gasteiger charge is -2.32. The molecule has 3 aromatic rings. The van der Waals surface area contributed by atoms with Gasteiger partial charge in [-0.25, -0.2) is 9.97 Å². The van der Waals surface area contributed by atoms with Gasteiger partial charge < -0.3 is 14.5 Å². The van der Waals surface area contributed by atoms with Crippen molar-refractivity contribution < 1.29 is 19.4 Å². The molecule has 0 spiro atoms. The predicted molar refractivity (Wildman–Crippen MR) is 99.7 cm³/mol. The van der Waals surface area contributed by atoms with Gasteiger partial charge in [-0.15, -0.1) is 0 Å². The Morgan fingerprint density at radius 3 is 2.86 bits per heavy atom. The lowest BCUT2D eigenvalue weighted by molar-refractivity contribution is -0.142. The van der Waals surface area contributed by atoms with E-state index in [4.69, 9.17) is 0 Å². The van der Waals surface area contributed by atoms with Gasteiger partial charge in [-0.05, 0) is 30.9 Å². The van der Waals surface area contributed by atoms with E-state index in [1.54, 1.807) is 30.1 Å². The Hall–Kier alpha value is -2.84. The van der Waals surface area contributed by atoms with E-state index in [9.17, 15) is 18.0 Å². The first-order valence-electron chi connectivity index (χ1n) is 9.12. The Bertz CT molecular complexity index is 1010. The molecule has 4 rings (SSSR count). The Kier molecular flexibility index (Phi) is 4.60. The zero-order valence-electron chi connectivity index (χ0n) is 15.3. The summed E-state index contributed by atoms with van der Waals surface area (Å²) in [6, 6.07) is 3.42. The molecule has 0 saturated heterocycles. The van der Waals surface area contributed by atoms with Crippen molar-refractivity contribution in [2.45, 2.75) is 25.4 Å². The number of nitrogens with one attached hydrogen (secondary N) is 1. The molecule has 0 bridgehead atoms. The number of rotatable bonds is 5. The van der Waals surface area contributed by atoms with Crippen molar-refractivity contribution in [3.8, 4) is 11.3 Å². The normalized spacial score (nSPS) is 15.0. The van der Waals surface area contributed by atoms with Gasteiger partial charge in [-0.1, -0.05) is 6.42 Å². The van der Waals surface area contributed by atoms with Gasteiger partial charge in [0.1, 0.15) is 24.2 Å². The van der Waals surface area contributed by atoms with Gasteiger partial charge in [-0.3, -0.25) is 4.79 Å². The molecule has 0 atom stereocenters. The van der Waals surface area contributed by atoms with Crippen LogP contribution in [-0.4, -0.2) is 49.6 Å². The predicted octanol–water partition coefficient (Wildman–Crippen LogP) is 4.01. The van der Waals surface area contributed by atoms with E-state index >= 15 is 0 Å². The van der Waals surface area contributed by atoms with Crippen molar-refractivity contribution in [1.82, 2.24) is 24.4 Å². The van der Waals surface area contributed by atoms with Gasteiger partial charge in [0.25, 0.3) is 5.91 Å². The van der Waals surface area contributed by atoms with Crippen molar-refractivity contribution >= 4 is 16.9 Å². The molecule has 0 unspecified atom stereocenters. The van der Waals surface area contributed by atoms with Crippen molar-refractivity contribution in [3.63, 3.8) is 0 Å². The lowest BCUT2D eigenvalue weighted by Crippen LogP contribution is -2.43. The Balaban J connectivity index is 0.00000240. The fourth-order valence-electron chi connectivity index (χ4n) is 3.59. The van der Waals surface area contributed by atoms with Crippen LogP contribution in [-0.2, 0) is 7.05 Å². The number of aromatic amines is 1. The summed E-state index contributed by atoms with van der Waals surface area (Å²) in [6.07, 6.45) is 3.16. The molecule has 3 aromatic heterocycles. The van der Waals surface area contributed by atoms with Crippen LogP contribution in [0, 0.1) is 5.92 Å². The number of fused-ring (bicyclic) bond motifs is 1. The maximum atomic E-state index is 13.0. The van der Waals surface area contributed by atoms with E-state index in [0.717, 1.165) is 29.5 Å². The van der Waals surface area contributed by atoms with Gasteiger partial charge in [0.2, 0.25) is 0 Å². The molecule has 3 heterocycles. The van der Waals surface area contributed by atoms with Crippen LogP contribution >= 0.6 is 0 Å². The van der Waals surface area contributed by atoms with Crippen molar-refractivity contribution in [3.05, 3.63) is 36.5 Å². The molecular formula is C19H22F3N5O. The summed E-state index contributed by atoms with van der Waals surface area (Å²) in [5.74, 6) is -0.468. The molecule has 0 radical (unpaired) electrons. The molecule has 6 nitrogen and oxygen atoms in total. The van der Waals surface area contributed by atoms with Gasteiger partial charge in [0.05, 0.1) is 5.69 Å². The Morgan fingerprint density at radius 1 is 1.39 bits per heavy atom. The number of H-pyrrole nitrogens is 1. The molecule has 1 saturated carbocycles. The third kappa shape index (κ3) is 3.61. The van der Waals surface area contributed by atoms with Gasteiger partial charge >= 0.3 is 6.18 Å². The number of aromatic nitrogens is 4. The second-order valence-electron chi connectivity index (χ2n) is 7.28. The molecule has 150 valence electrons. The van der Waals surface area contributed by atoms with Crippen molar-refractivity contribution in [2.24, 2.45) is 13.0 Å². The molecular weight excluding hydrogens is 371 g/mol. The van der Waals surface area contributed by atoms with E-state index in [-0.39, 0.29) is 19.6 Å². The number of aryl methyl sites for hydroxylation is 1. The molecule has 1 fully saturated rings. The van der Waals surface area contributed by atoms with E-state index < -0.39 is 18.6 Å². The minimum atomic E-state index is -4.43. The maximum absolute atomic E-state index is 13.0. The molecule has 9 heteroatoms. The molecule has 1 amide bonds. The fraction of sp³-hybridized carbons (Fsp3) is 0.421. The van der Waals surface area contributed by atoms with E-state index in [1.807, 2.05) is 6.07 Å². The average molecular weight is 393 g/mol. The van der Waals surface area contributed by atoms with Crippen molar-refractivity contribution in [1.29, 1.82) is 0 Å². The third-order valence-electron chi connectivity index (χ3n) is 5.21. The summed E-state index contributed by atoms with van der Waals surface area (Å²) in [5.41, 5.74) is 2.15. The largest absolute Gasteiger partial charge is 0.406 e.